The average molecular weight is 815 g/mol. The Hall–Kier alpha value is -4.52. The maximum atomic E-state index is 14.0. The number of hydrogen-bond donors (Lipinski definition) is 3. The van der Waals surface area contributed by atoms with Crippen molar-refractivity contribution in [2.75, 3.05) is 11.9 Å². The first kappa shape index (κ1) is 43.6. The number of aromatic amines is 1. The number of hydroxylamine groups is 1. The molecule has 4 aromatic carbocycles. The molecule has 1 atom stereocenters. The van der Waals surface area contributed by atoms with E-state index in [1.165, 1.54) is 10.2 Å². The maximum Gasteiger partial charge on any atom is 0.314 e. The van der Waals surface area contributed by atoms with Crippen molar-refractivity contribution in [3.05, 3.63) is 117 Å². The fourth-order valence-electron chi connectivity index (χ4n) is 5.96. The largest absolute Gasteiger partial charge is 0.480 e. The fraction of sp³-hybridized carbons (Fsp3) is 0.378. The van der Waals surface area contributed by atoms with Crippen LogP contribution in [0.1, 0.15) is 98.6 Å². The Balaban J connectivity index is 1.34. The molecule has 304 valence electrons. The zero-order valence-electron chi connectivity index (χ0n) is 34.2. The second-order valence-corrected chi connectivity index (χ2v) is 16.5. The summed E-state index contributed by atoms with van der Waals surface area (Å²) in [6.07, 6.45) is 3.71. The van der Waals surface area contributed by atoms with Crippen LogP contribution in [0.25, 0.3) is 16.9 Å². The smallest absolute Gasteiger partial charge is 0.314 e. The van der Waals surface area contributed by atoms with Gasteiger partial charge in [0, 0.05) is 33.3 Å². The molecule has 1 heterocycles. The SMILES string of the molecule is CCCCNOOSc1ccc(Oc2c(-c3cccc(Cl)c3)[nH]n(-c3ccc(NC(=O)C(CC)Oc4ccc(C(C)(C)CC)cc4C(C)(C)CC)cc3)c2=O)cc1. The number of nitrogens with zero attached hydrogens (tertiary/aromatic N) is 1. The standard InChI is InChI=1S/C45H55ClN4O6S/c1-9-13-27-47-55-56-57-36-24-22-35(23-25-36)53-41-40(30-15-14-16-32(46)28-30)49-50(43(41)52)34-20-18-33(19-21-34)48-42(51)38(10-2)54-39-26-17-31(44(5,6)11-3)29-37(39)45(7,8)12-4/h14-26,28-29,38,47,49H,9-13,27H2,1-8H3,(H,48,51). The van der Waals surface area contributed by atoms with Gasteiger partial charge in [-0.15, -0.1) is 9.32 Å². The number of benzene rings is 4. The van der Waals surface area contributed by atoms with Crippen LogP contribution in [-0.4, -0.2) is 28.3 Å². The summed E-state index contributed by atoms with van der Waals surface area (Å²) in [5.74, 6) is 1.00. The second kappa shape index (κ2) is 19.8. The maximum absolute atomic E-state index is 14.0. The number of carbonyl (C=O) groups is 1. The molecule has 1 aromatic heterocycles. The molecule has 10 nitrogen and oxygen atoms in total. The third kappa shape index (κ3) is 11.1. The van der Waals surface area contributed by atoms with Crippen molar-refractivity contribution < 1.29 is 23.6 Å². The molecule has 0 aliphatic carbocycles. The van der Waals surface area contributed by atoms with E-state index in [9.17, 15) is 9.59 Å². The number of rotatable bonds is 20. The Labute approximate surface area is 345 Å². The van der Waals surface area contributed by atoms with Crippen LogP contribution < -0.4 is 25.8 Å². The number of hydrogen-bond acceptors (Lipinski definition) is 8. The first-order valence-electron chi connectivity index (χ1n) is 19.6. The summed E-state index contributed by atoms with van der Waals surface area (Å²) in [4.78, 5) is 33.4. The monoisotopic (exact) mass is 814 g/mol. The number of aromatic nitrogens is 2. The van der Waals surface area contributed by atoms with E-state index in [-0.39, 0.29) is 22.5 Å². The van der Waals surface area contributed by atoms with Crippen molar-refractivity contribution in [3.8, 4) is 34.2 Å². The van der Waals surface area contributed by atoms with Crippen molar-refractivity contribution in [1.29, 1.82) is 0 Å². The number of unbranched alkanes of at least 4 members (excludes halogenated alkanes) is 1. The van der Waals surface area contributed by atoms with Gasteiger partial charge in [-0.1, -0.05) is 97.7 Å². The molecule has 0 saturated carbocycles. The molecule has 0 spiro atoms. The molecule has 1 amide bonds. The highest BCUT2D eigenvalue weighted by atomic mass is 35.5. The van der Waals surface area contributed by atoms with E-state index < -0.39 is 11.7 Å². The predicted octanol–water partition coefficient (Wildman–Crippen LogP) is 11.7. The molecule has 12 heteroatoms. The van der Waals surface area contributed by atoms with E-state index in [4.69, 9.17) is 30.4 Å². The Bertz CT molecular complexity index is 2150. The molecule has 0 radical (unpaired) electrons. The normalized spacial score (nSPS) is 12.4. The molecule has 1 unspecified atom stereocenters. The van der Waals surface area contributed by atoms with Crippen molar-refractivity contribution in [2.45, 2.75) is 109 Å². The molecule has 0 aliphatic heterocycles. The van der Waals surface area contributed by atoms with Crippen LogP contribution in [0.2, 0.25) is 5.02 Å². The summed E-state index contributed by atoms with van der Waals surface area (Å²) in [7, 11) is 0. The van der Waals surface area contributed by atoms with Crippen LogP contribution in [0.4, 0.5) is 5.69 Å². The lowest BCUT2D eigenvalue weighted by atomic mass is 9.76. The highest BCUT2D eigenvalue weighted by molar-refractivity contribution is 7.94. The lowest BCUT2D eigenvalue weighted by molar-refractivity contribution is -0.244. The Kier molecular flexibility index (Phi) is 15.1. The zero-order valence-corrected chi connectivity index (χ0v) is 35.7. The predicted molar refractivity (Wildman–Crippen MR) is 231 cm³/mol. The van der Waals surface area contributed by atoms with E-state index in [2.05, 4.69) is 76.5 Å². The topological polar surface area (TPSA) is 116 Å². The number of ether oxygens (including phenoxy) is 2. The van der Waals surface area contributed by atoms with Crippen LogP contribution in [-0.2, 0) is 24.9 Å². The number of halogens is 1. The molecule has 0 bridgehead atoms. The van der Waals surface area contributed by atoms with Gasteiger partial charge in [0.25, 0.3) is 5.91 Å². The van der Waals surface area contributed by atoms with Gasteiger partial charge in [-0.2, -0.15) is 5.48 Å². The first-order valence-corrected chi connectivity index (χ1v) is 20.8. The van der Waals surface area contributed by atoms with Gasteiger partial charge >= 0.3 is 5.56 Å². The number of H-pyrrole nitrogens is 1. The number of carbonyl (C=O) groups excluding carboxylic acids is 1. The summed E-state index contributed by atoms with van der Waals surface area (Å²) >= 11 is 7.40. The van der Waals surface area contributed by atoms with Crippen LogP contribution >= 0.6 is 23.6 Å². The Morgan fingerprint density at radius 3 is 2.26 bits per heavy atom. The minimum absolute atomic E-state index is 0.0186. The molecule has 3 N–H and O–H groups in total. The lowest BCUT2D eigenvalue weighted by Gasteiger charge is -2.31. The summed E-state index contributed by atoms with van der Waals surface area (Å²) in [6.45, 7) is 18.0. The molecule has 5 aromatic rings. The van der Waals surface area contributed by atoms with Gasteiger partial charge in [-0.25, -0.2) is 4.68 Å². The second-order valence-electron chi connectivity index (χ2n) is 15.3. The minimum atomic E-state index is -0.715. The van der Waals surface area contributed by atoms with E-state index in [0.717, 1.165) is 53.9 Å². The van der Waals surface area contributed by atoms with Gasteiger partial charge in [0.1, 0.15) is 17.2 Å². The van der Waals surface area contributed by atoms with E-state index >= 15 is 0 Å². The van der Waals surface area contributed by atoms with Crippen molar-refractivity contribution in [3.63, 3.8) is 0 Å². The summed E-state index contributed by atoms with van der Waals surface area (Å²) in [6, 6.07) is 27.6. The third-order valence-corrected chi connectivity index (χ3v) is 11.3. The van der Waals surface area contributed by atoms with E-state index in [0.29, 0.717) is 46.4 Å². The van der Waals surface area contributed by atoms with Gasteiger partial charge < -0.3 is 14.8 Å². The molecule has 0 saturated heterocycles. The van der Waals surface area contributed by atoms with Crippen molar-refractivity contribution >= 4 is 35.2 Å². The van der Waals surface area contributed by atoms with Gasteiger partial charge in [0.2, 0.25) is 5.75 Å². The first-order chi connectivity index (χ1) is 27.3. The minimum Gasteiger partial charge on any atom is -0.480 e. The Morgan fingerprint density at radius 2 is 1.61 bits per heavy atom. The molecule has 0 fully saturated rings. The van der Waals surface area contributed by atoms with Gasteiger partial charge in [0.05, 0.1) is 17.7 Å². The molecular weight excluding hydrogens is 760 g/mol. The molecule has 5 rings (SSSR count). The summed E-state index contributed by atoms with van der Waals surface area (Å²) < 4.78 is 19.3. The van der Waals surface area contributed by atoms with Crippen molar-refractivity contribution in [1.82, 2.24) is 15.3 Å². The quantitative estimate of drug-likeness (QED) is 0.0308. The van der Waals surface area contributed by atoms with Crippen LogP contribution in [0.5, 0.6) is 17.2 Å². The number of anilines is 1. The van der Waals surface area contributed by atoms with Gasteiger partial charge in [-0.05, 0) is 109 Å². The molecule has 57 heavy (non-hydrogen) atoms. The van der Waals surface area contributed by atoms with Crippen LogP contribution in [0.3, 0.4) is 0 Å². The number of amides is 1. The van der Waals surface area contributed by atoms with Gasteiger partial charge in [-0.3, -0.25) is 14.7 Å². The highest BCUT2D eigenvalue weighted by Crippen LogP contribution is 2.39. The van der Waals surface area contributed by atoms with E-state index in [1.54, 1.807) is 66.7 Å². The Morgan fingerprint density at radius 1 is 0.895 bits per heavy atom. The lowest BCUT2D eigenvalue weighted by Crippen LogP contribution is -2.33. The van der Waals surface area contributed by atoms with Crippen LogP contribution in [0, 0.1) is 0 Å². The molecular formula is C45H55ClN4O6S. The zero-order chi connectivity index (χ0) is 41.2. The van der Waals surface area contributed by atoms with Crippen LogP contribution in [0.15, 0.2) is 101 Å². The fourth-order valence-corrected chi connectivity index (χ4v) is 6.56. The molecule has 0 aliphatic rings. The summed E-state index contributed by atoms with van der Waals surface area (Å²) in [5.41, 5.74) is 6.79. The van der Waals surface area contributed by atoms with E-state index in [1.807, 2.05) is 19.1 Å². The van der Waals surface area contributed by atoms with Gasteiger partial charge in [0.15, 0.2) is 6.10 Å². The van der Waals surface area contributed by atoms with Crippen molar-refractivity contribution in [2.24, 2.45) is 0 Å². The average Bonchev–Trinajstić information content (AvgIpc) is 3.53. The third-order valence-electron chi connectivity index (χ3n) is 10.4. The number of nitrogens with one attached hydrogen (secondary N) is 3. The highest BCUT2D eigenvalue weighted by Gasteiger charge is 2.29. The summed E-state index contributed by atoms with van der Waals surface area (Å²) in [5, 5.41) is 6.73.